The van der Waals surface area contributed by atoms with E-state index in [9.17, 15) is 4.79 Å². The lowest BCUT2D eigenvalue weighted by molar-refractivity contribution is -0.124. The Labute approximate surface area is 118 Å². The molecule has 1 aliphatic rings. The molecule has 3 N–H and O–H groups in total. The quantitative estimate of drug-likeness (QED) is 0.635. The van der Waals surface area contributed by atoms with Gasteiger partial charge in [-0.1, -0.05) is 6.92 Å². The molecule has 0 aromatic carbocycles. The normalized spacial score (nSPS) is 18.8. The van der Waals surface area contributed by atoms with E-state index in [4.69, 9.17) is 5.73 Å². The molecule has 1 aliphatic carbocycles. The topological polar surface area (TPSA) is 58.4 Å². The molecule has 0 heterocycles. The number of carbonyl (C=O) groups excluding carboxylic acids is 1. The lowest BCUT2D eigenvalue weighted by atomic mass is 9.93. The zero-order chi connectivity index (χ0) is 14.5. The van der Waals surface area contributed by atoms with Crippen LogP contribution in [0.5, 0.6) is 0 Å². The highest BCUT2D eigenvalue weighted by Gasteiger charge is 2.31. The number of carbonyl (C=O) groups is 1. The van der Waals surface area contributed by atoms with E-state index in [1.54, 1.807) is 0 Å². The number of rotatable bonds is 10. The Morgan fingerprint density at radius 1 is 1.47 bits per heavy atom. The predicted molar refractivity (Wildman–Crippen MR) is 79.9 cm³/mol. The number of hydrogen-bond donors (Lipinski definition) is 2. The second kappa shape index (κ2) is 7.25. The fraction of sp³-hybridized carbons (Fsp3) is 0.933. The van der Waals surface area contributed by atoms with Gasteiger partial charge in [-0.2, -0.15) is 0 Å². The SMILES string of the molecule is CCN(CCCC(C)(NC(C)C)C(N)=O)CC1CC1. The third-order valence-electron chi connectivity index (χ3n) is 3.96. The van der Waals surface area contributed by atoms with E-state index in [1.807, 2.05) is 20.8 Å². The molecule has 4 nitrogen and oxygen atoms in total. The Morgan fingerprint density at radius 2 is 2.11 bits per heavy atom. The van der Waals surface area contributed by atoms with Gasteiger partial charge in [0.05, 0.1) is 5.54 Å². The number of primary amides is 1. The Kier molecular flexibility index (Phi) is 6.27. The van der Waals surface area contributed by atoms with Gasteiger partial charge in [0.15, 0.2) is 0 Å². The minimum Gasteiger partial charge on any atom is -0.368 e. The van der Waals surface area contributed by atoms with Gasteiger partial charge in [0, 0.05) is 12.6 Å². The Morgan fingerprint density at radius 3 is 2.53 bits per heavy atom. The molecule has 0 aliphatic heterocycles. The van der Waals surface area contributed by atoms with Crippen LogP contribution in [0.25, 0.3) is 0 Å². The van der Waals surface area contributed by atoms with Crippen molar-refractivity contribution in [1.29, 1.82) is 0 Å². The lowest BCUT2D eigenvalue weighted by Gasteiger charge is -2.31. The van der Waals surface area contributed by atoms with Gasteiger partial charge in [-0.25, -0.2) is 0 Å². The van der Waals surface area contributed by atoms with Crippen molar-refractivity contribution in [3.63, 3.8) is 0 Å². The van der Waals surface area contributed by atoms with E-state index in [0.29, 0.717) is 0 Å². The number of nitrogens with zero attached hydrogens (tertiary/aromatic N) is 1. The lowest BCUT2D eigenvalue weighted by Crippen LogP contribution is -2.55. The van der Waals surface area contributed by atoms with Crippen LogP contribution >= 0.6 is 0 Å². The third kappa shape index (κ3) is 5.91. The number of nitrogens with two attached hydrogens (primary N) is 1. The first-order valence-corrected chi connectivity index (χ1v) is 7.67. The van der Waals surface area contributed by atoms with E-state index in [2.05, 4.69) is 17.1 Å². The van der Waals surface area contributed by atoms with Crippen LogP contribution in [0.2, 0.25) is 0 Å². The fourth-order valence-corrected chi connectivity index (χ4v) is 2.60. The van der Waals surface area contributed by atoms with Gasteiger partial charge in [0.2, 0.25) is 5.91 Å². The van der Waals surface area contributed by atoms with Crippen molar-refractivity contribution in [3.05, 3.63) is 0 Å². The van der Waals surface area contributed by atoms with Gasteiger partial charge in [-0.15, -0.1) is 0 Å². The summed E-state index contributed by atoms with van der Waals surface area (Å²) in [6, 6.07) is 0.270. The molecule has 0 saturated heterocycles. The zero-order valence-electron chi connectivity index (χ0n) is 13.0. The maximum absolute atomic E-state index is 11.6. The van der Waals surface area contributed by atoms with Crippen LogP contribution in [-0.2, 0) is 4.79 Å². The Hall–Kier alpha value is -0.610. The summed E-state index contributed by atoms with van der Waals surface area (Å²) < 4.78 is 0. The maximum Gasteiger partial charge on any atom is 0.237 e. The zero-order valence-corrected chi connectivity index (χ0v) is 13.0. The van der Waals surface area contributed by atoms with Crippen molar-refractivity contribution < 1.29 is 4.79 Å². The highest BCUT2D eigenvalue weighted by Crippen LogP contribution is 2.29. The Bertz CT molecular complexity index is 289. The summed E-state index contributed by atoms with van der Waals surface area (Å²) in [5.41, 5.74) is 4.97. The average Bonchev–Trinajstić information content (AvgIpc) is 3.10. The summed E-state index contributed by atoms with van der Waals surface area (Å²) in [5.74, 6) is 0.683. The summed E-state index contributed by atoms with van der Waals surface area (Å²) in [6.07, 6.45) is 4.61. The third-order valence-corrected chi connectivity index (χ3v) is 3.96. The highest BCUT2D eigenvalue weighted by molar-refractivity contribution is 5.84. The van der Waals surface area contributed by atoms with Crippen molar-refractivity contribution in [1.82, 2.24) is 10.2 Å². The van der Waals surface area contributed by atoms with Crippen LogP contribution in [0.1, 0.15) is 53.4 Å². The fourth-order valence-electron chi connectivity index (χ4n) is 2.60. The first-order valence-electron chi connectivity index (χ1n) is 7.67. The van der Waals surface area contributed by atoms with Crippen molar-refractivity contribution >= 4 is 5.91 Å². The molecule has 1 atom stereocenters. The molecular weight excluding hydrogens is 238 g/mol. The highest BCUT2D eigenvalue weighted by atomic mass is 16.1. The number of nitrogens with one attached hydrogen (secondary N) is 1. The summed E-state index contributed by atoms with van der Waals surface area (Å²) in [6.45, 7) is 11.6. The second-order valence-electron chi connectivity index (χ2n) is 6.44. The average molecular weight is 269 g/mol. The van der Waals surface area contributed by atoms with Gasteiger partial charge in [-0.05, 0) is 65.5 Å². The summed E-state index contributed by atoms with van der Waals surface area (Å²) in [4.78, 5) is 14.1. The summed E-state index contributed by atoms with van der Waals surface area (Å²) >= 11 is 0. The minimum atomic E-state index is -0.576. The van der Waals surface area contributed by atoms with Crippen LogP contribution < -0.4 is 11.1 Å². The molecule has 1 rings (SSSR count). The molecule has 4 heteroatoms. The van der Waals surface area contributed by atoms with E-state index < -0.39 is 5.54 Å². The summed E-state index contributed by atoms with van der Waals surface area (Å²) in [5, 5.41) is 3.31. The van der Waals surface area contributed by atoms with Crippen LogP contribution in [0.4, 0.5) is 0 Å². The number of hydrogen-bond acceptors (Lipinski definition) is 3. The van der Waals surface area contributed by atoms with Crippen molar-refractivity contribution in [2.45, 2.75) is 65.0 Å². The van der Waals surface area contributed by atoms with Crippen molar-refractivity contribution in [3.8, 4) is 0 Å². The first-order chi connectivity index (χ1) is 8.87. The van der Waals surface area contributed by atoms with E-state index in [-0.39, 0.29) is 11.9 Å². The molecule has 112 valence electrons. The van der Waals surface area contributed by atoms with Gasteiger partial charge in [0.1, 0.15) is 0 Å². The van der Waals surface area contributed by atoms with E-state index >= 15 is 0 Å². The van der Waals surface area contributed by atoms with Crippen LogP contribution in [0, 0.1) is 5.92 Å². The van der Waals surface area contributed by atoms with Crippen molar-refractivity contribution in [2.75, 3.05) is 19.6 Å². The van der Waals surface area contributed by atoms with Gasteiger partial charge in [0.25, 0.3) is 0 Å². The molecular formula is C15H31N3O. The second-order valence-corrected chi connectivity index (χ2v) is 6.44. The summed E-state index contributed by atoms with van der Waals surface area (Å²) in [7, 11) is 0. The van der Waals surface area contributed by atoms with Crippen LogP contribution in [-0.4, -0.2) is 42.0 Å². The monoisotopic (exact) mass is 269 g/mol. The van der Waals surface area contributed by atoms with E-state index in [0.717, 1.165) is 31.8 Å². The van der Waals surface area contributed by atoms with Gasteiger partial charge < -0.3 is 16.0 Å². The smallest absolute Gasteiger partial charge is 0.237 e. The van der Waals surface area contributed by atoms with Gasteiger partial charge >= 0.3 is 0 Å². The molecule has 1 unspecified atom stereocenters. The van der Waals surface area contributed by atoms with Gasteiger partial charge in [-0.3, -0.25) is 4.79 Å². The van der Waals surface area contributed by atoms with E-state index in [1.165, 1.54) is 19.4 Å². The number of amides is 1. The molecule has 0 aromatic rings. The molecule has 1 amide bonds. The van der Waals surface area contributed by atoms with Crippen molar-refractivity contribution in [2.24, 2.45) is 11.7 Å². The standard InChI is InChI=1S/C15H31N3O/c1-5-18(11-13-7-8-13)10-6-9-15(4,14(16)19)17-12(2)3/h12-13,17H,5-11H2,1-4H3,(H2,16,19). The molecule has 19 heavy (non-hydrogen) atoms. The maximum atomic E-state index is 11.6. The Balaban J connectivity index is 2.35. The minimum absolute atomic E-state index is 0.244. The molecule has 0 bridgehead atoms. The van der Waals surface area contributed by atoms with Crippen LogP contribution in [0.15, 0.2) is 0 Å². The molecule has 0 aromatic heterocycles. The molecule has 0 spiro atoms. The molecule has 1 saturated carbocycles. The van der Waals surface area contributed by atoms with Crippen LogP contribution in [0.3, 0.4) is 0 Å². The predicted octanol–water partition coefficient (Wildman–Crippen LogP) is 1.74. The molecule has 0 radical (unpaired) electrons. The largest absolute Gasteiger partial charge is 0.368 e. The molecule has 1 fully saturated rings. The first kappa shape index (κ1) is 16.4.